The van der Waals surface area contributed by atoms with Crippen molar-refractivity contribution in [2.75, 3.05) is 0 Å². The summed E-state index contributed by atoms with van der Waals surface area (Å²) in [5.74, 6) is -1.23. The lowest BCUT2D eigenvalue weighted by Crippen LogP contribution is -2.08. The van der Waals surface area contributed by atoms with Crippen LogP contribution in [0.5, 0.6) is 11.5 Å². The molecule has 118 valence electrons. The van der Waals surface area contributed by atoms with Crippen LogP contribution in [0.1, 0.15) is 0 Å². The summed E-state index contributed by atoms with van der Waals surface area (Å²) in [5.41, 5.74) is -0.444. The van der Waals surface area contributed by atoms with Crippen LogP contribution in [0.2, 0.25) is 0 Å². The van der Waals surface area contributed by atoms with E-state index in [1.54, 1.807) is 12.1 Å². The summed E-state index contributed by atoms with van der Waals surface area (Å²) in [4.78, 5) is 12.2. The third kappa shape index (κ3) is 2.89. The highest BCUT2D eigenvalue weighted by molar-refractivity contribution is 7.81. The summed E-state index contributed by atoms with van der Waals surface area (Å²) in [6.07, 6.45) is 0. The molecule has 3 rings (SSSR count). The number of hydrogen-bond acceptors (Lipinski definition) is 6. The lowest BCUT2D eigenvalue weighted by Gasteiger charge is -2.10. The number of rotatable bonds is 3. The van der Waals surface area contributed by atoms with Gasteiger partial charge in [0.25, 0.3) is 0 Å². The predicted octanol–water partition coefficient (Wildman–Crippen LogP) is 2.35. The lowest BCUT2D eigenvalue weighted by atomic mass is 10.1. The van der Waals surface area contributed by atoms with Gasteiger partial charge in [-0.15, -0.1) is 0 Å². The van der Waals surface area contributed by atoms with Gasteiger partial charge in [0.15, 0.2) is 11.5 Å². The zero-order chi connectivity index (χ0) is 16.6. The number of hydrogen-bond donors (Lipinski definition) is 2. The first-order chi connectivity index (χ1) is 10.9. The van der Waals surface area contributed by atoms with Crippen LogP contribution in [0.3, 0.4) is 0 Å². The molecule has 1 heterocycles. The minimum atomic E-state index is -4.77. The zero-order valence-corrected chi connectivity index (χ0v) is 12.3. The Morgan fingerprint density at radius 3 is 2.39 bits per heavy atom. The second-order valence-electron chi connectivity index (χ2n) is 4.61. The Hall–Kier alpha value is -2.84. The normalized spacial score (nSPS) is 11.5. The van der Waals surface area contributed by atoms with E-state index < -0.39 is 21.6 Å². The molecule has 0 aliphatic carbocycles. The maximum atomic E-state index is 12.2. The summed E-state index contributed by atoms with van der Waals surface area (Å²) < 4.78 is 40.6. The molecule has 0 bridgehead atoms. The summed E-state index contributed by atoms with van der Waals surface area (Å²) in [6, 6.07) is 11.9. The molecule has 0 spiro atoms. The number of para-hydroxylation sites is 2. The van der Waals surface area contributed by atoms with Crippen molar-refractivity contribution in [1.29, 1.82) is 0 Å². The standard InChI is InChI=1S/C15H10O7S/c16-13-9-5-1-3-7-11(9)21-15(14(13)17)10-6-2-4-8-12(10)22-23(18,19)20/h1-8,17H,(H,18,19,20). The molecule has 0 amide bonds. The number of aromatic hydroxyl groups is 1. The summed E-state index contributed by atoms with van der Waals surface area (Å²) >= 11 is 0. The molecule has 0 aliphatic rings. The second-order valence-corrected chi connectivity index (χ2v) is 5.63. The van der Waals surface area contributed by atoms with Crippen LogP contribution in [0, 0.1) is 0 Å². The van der Waals surface area contributed by atoms with Crippen molar-refractivity contribution in [3.8, 4) is 22.8 Å². The van der Waals surface area contributed by atoms with Crippen molar-refractivity contribution in [2.24, 2.45) is 0 Å². The van der Waals surface area contributed by atoms with Gasteiger partial charge in [-0.2, -0.15) is 8.42 Å². The Balaban J connectivity index is 2.30. The first-order valence-corrected chi connectivity index (χ1v) is 7.74. The molecule has 0 aliphatic heterocycles. The van der Waals surface area contributed by atoms with E-state index in [-0.39, 0.29) is 28.0 Å². The molecule has 0 saturated carbocycles. The summed E-state index contributed by atoms with van der Waals surface area (Å²) in [6.45, 7) is 0. The molecule has 2 N–H and O–H groups in total. The van der Waals surface area contributed by atoms with E-state index >= 15 is 0 Å². The van der Waals surface area contributed by atoms with E-state index in [4.69, 9.17) is 8.97 Å². The van der Waals surface area contributed by atoms with Crippen LogP contribution in [-0.2, 0) is 10.4 Å². The SMILES string of the molecule is O=c1c(O)c(-c2ccccc2OS(=O)(=O)O)oc2ccccc12. The van der Waals surface area contributed by atoms with Gasteiger partial charge >= 0.3 is 10.4 Å². The minimum Gasteiger partial charge on any atom is -0.502 e. The third-order valence-corrected chi connectivity index (χ3v) is 3.49. The van der Waals surface area contributed by atoms with E-state index in [1.165, 1.54) is 36.4 Å². The van der Waals surface area contributed by atoms with Gasteiger partial charge < -0.3 is 13.7 Å². The second kappa shape index (κ2) is 5.41. The van der Waals surface area contributed by atoms with Crippen molar-refractivity contribution >= 4 is 21.4 Å². The van der Waals surface area contributed by atoms with Gasteiger partial charge in [0.1, 0.15) is 5.58 Å². The lowest BCUT2D eigenvalue weighted by molar-refractivity contribution is 0.386. The maximum absolute atomic E-state index is 12.2. The van der Waals surface area contributed by atoms with Crippen LogP contribution >= 0.6 is 0 Å². The van der Waals surface area contributed by atoms with Gasteiger partial charge in [-0.25, -0.2) is 0 Å². The topological polar surface area (TPSA) is 114 Å². The minimum absolute atomic E-state index is 0.00507. The van der Waals surface area contributed by atoms with Gasteiger partial charge in [0, 0.05) is 0 Å². The predicted molar refractivity (Wildman–Crippen MR) is 81.8 cm³/mol. The molecule has 8 heteroatoms. The van der Waals surface area contributed by atoms with E-state index in [0.29, 0.717) is 0 Å². The molecule has 0 unspecified atom stereocenters. The monoisotopic (exact) mass is 334 g/mol. The van der Waals surface area contributed by atoms with Crippen molar-refractivity contribution in [3.05, 3.63) is 58.8 Å². The van der Waals surface area contributed by atoms with Crippen LogP contribution in [0.15, 0.2) is 57.7 Å². The van der Waals surface area contributed by atoms with Crippen LogP contribution in [0.25, 0.3) is 22.3 Å². The van der Waals surface area contributed by atoms with Gasteiger partial charge in [-0.3, -0.25) is 9.35 Å². The molecule has 0 atom stereocenters. The average Bonchev–Trinajstić information content (AvgIpc) is 2.50. The number of fused-ring (bicyclic) bond motifs is 1. The molecular formula is C15H10O7S. The molecule has 0 saturated heterocycles. The van der Waals surface area contributed by atoms with Crippen molar-refractivity contribution in [3.63, 3.8) is 0 Å². The Kier molecular flexibility index (Phi) is 3.55. The smallest absolute Gasteiger partial charge is 0.446 e. The van der Waals surface area contributed by atoms with E-state index in [0.717, 1.165) is 0 Å². The van der Waals surface area contributed by atoms with Gasteiger partial charge in [-0.05, 0) is 24.3 Å². The van der Waals surface area contributed by atoms with Gasteiger partial charge in [0.05, 0.1) is 10.9 Å². The van der Waals surface area contributed by atoms with Crippen molar-refractivity contribution < 1.29 is 26.7 Å². The summed E-state index contributed by atoms with van der Waals surface area (Å²) in [5, 5.41) is 10.3. The maximum Gasteiger partial charge on any atom is 0.446 e. The quantitative estimate of drug-likeness (QED) is 0.707. The zero-order valence-electron chi connectivity index (χ0n) is 11.5. The van der Waals surface area contributed by atoms with E-state index in [9.17, 15) is 18.3 Å². The highest BCUT2D eigenvalue weighted by atomic mass is 32.3. The van der Waals surface area contributed by atoms with Gasteiger partial charge in [0.2, 0.25) is 11.2 Å². The Labute approximate surface area is 130 Å². The van der Waals surface area contributed by atoms with E-state index in [1.807, 2.05) is 0 Å². The molecule has 0 radical (unpaired) electrons. The fourth-order valence-electron chi connectivity index (χ4n) is 2.16. The molecular weight excluding hydrogens is 324 g/mol. The van der Waals surface area contributed by atoms with Crippen LogP contribution < -0.4 is 9.61 Å². The molecule has 3 aromatic rings. The Bertz CT molecular complexity index is 1050. The fraction of sp³-hybridized carbons (Fsp3) is 0. The molecule has 23 heavy (non-hydrogen) atoms. The van der Waals surface area contributed by atoms with Crippen molar-refractivity contribution in [2.45, 2.75) is 0 Å². The summed E-state index contributed by atoms with van der Waals surface area (Å²) in [7, 11) is -4.77. The molecule has 7 nitrogen and oxygen atoms in total. The fourth-order valence-corrected chi connectivity index (χ4v) is 2.53. The number of benzene rings is 2. The Morgan fingerprint density at radius 1 is 1.00 bits per heavy atom. The first kappa shape index (κ1) is 15.1. The Morgan fingerprint density at radius 2 is 1.65 bits per heavy atom. The molecule has 0 fully saturated rings. The van der Waals surface area contributed by atoms with Crippen LogP contribution in [-0.4, -0.2) is 18.1 Å². The highest BCUT2D eigenvalue weighted by Gasteiger charge is 2.20. The highest BCUT2D eigenvalue weighted by Crippen LogP contribution is 2.36. The van der Waals surface area contributed by atoms with Crippen molar-refractivity contribution in [1.82, 2.24) is 0 Å². The third-order valence-electron chi connectivity index (χ3n) is 3.10. The van der Waals surface area contributed by atoms with Gasteiger partial charge in [-0.1, -0.05) is 24.3 Å². The van der Waals surface area contributed by atoms with E-state index in [2.05, 4.69) is 4.18 Å². The van der Waals surface area contributed by atoms with Crippen LogP contribution in [0.4, 0.5) is 0 Å². The largest absolute Gasteiger partial charge is 0.502 e. The molecule has 2 aromatic carbocycles. The molecule has 1 aromatic heterocycles. The first-order valence-electron chi connectivity index (χ1n) is 6.38. The average molecular weight is 334 g/mol.